The summed E-state index contributed by atoms with van der Waals surface area (Å²) in [5, 5.41) is 10.6. The predicted molar refractivity (Wildman–Crippen MR) is 73.7 cm³/mol. The highest BCUT2D eigenvalue weighted by Crippen LogP contribution is 2.19. The van der Waals surface area contributed by atoms with E-state index >= 15 is 0 Å². The van der Waals surface area contributed by atoms with E-state index in [1.165, 1.54) is 30.0 Å². The monoisotopic (exact) mass is 281 g/mol. The molecule has 0 saturated carbocycles. The van der Waals surface area contributed by atoms with Gasteiger partial charge in [0.05, 0.1) is 16.8 Å². The summed E-state index contributed by atoms with van der Waals surface area (Å²) in [6.07, 6.45) is 2.39. The van der Waals surface area contributed by atoms with Crippen molar-refractivity contribution in [3.05, 3.63) is 39.9 Å². The van der Waals surface area contributed by atoms with Gasteiger partial charge in [0.25, 0.3) is 5.69 Å². The molecule has 0 aromatic heterocycles. The van der Waals surface area contributed by atoms with Crippen LogP contribution in [-0.4, -0.2) is 34.9 Å². The van der Waals surface area contributed by atoms with Gasteiger partial charge in [0.1, 0.15) is 0 Å². The number of carbonyl (C=O) groups is 1. The fourth-order valence-electron chi connectivity index (χ4n) is 1.94. The molecule has 1 saturated heterocycles. The van der Waals surface area contributed by atoms with E-state index in [0.29, 0.717) is 11.3 Å². The van der Waals surface area contributed by atoms with Crippen LogP contribution in [0.5, 0.6) is 0 Å². The second-order valence-corrected chi connectivity index (χ2v) is 5.41. The third-order valence-electron chi connectivity index (χ3n) is 2.94. The van der Waals surface area contributed by atoms with E-state index in [4.69, 9.17) is 4.74 Å². The molecule has 0 N–H and O–H groups in total. The zero-order chi connectivity index (χ0) is 13.7. The summed E-state index contributed by atoms with van der Waals surface area (Å²) in [6, 6.07) is 5.86. The normalized spacial score (nSPS) is 18.4. The molecule has 1 fully saturated rings. The highest BCUT2D eigenvalue weighted by molar-refractivity contribution is 8.00. The van der Waals surface area contributed by atoms with Crippen molar-refractivity contribution in [3.63, 3.8) is 0 Å². The molecule has 1 aliphatic heterocycles. The molecular weight excluding hydrogens is 266 g/mol. The maximum atomic E-state index is 11.9. The zero-order valence-electron chi connectivity index (χ0n) is 10.4. The molecule has 1 unspecified atom stereocenters. The number of benzene rings is 1. The van der Waals surface area contributed by atoms with Crippen molar-refractivity contribution in [3.8, 4) is 0 Å². The van der Waals surface area contributed by atoms with Gasteiger partial charge in [-0.2, -0.15) is 11.8 Å². The molecule has 1 aromatic rings. The average molecular weight is 281 g/mol. The van der Waals surface area contributed by atoms with E-state index < -0.39 is 4.92 Å². The molecule has 6 heteroatoms. The number of non-ortho nitro benzene ring substituents is 1. The maximum absolute atomic E-state index is 11.9. The number of nitro benzene ring substituents is 1. The third kappa shape index (κ3) is 4.04. The first kappa shape index (κ1) is 14.0. The van der Waals surface area contributed by atoms with Crippen molar-refractivity contribution in [1.82, 2.24) is 0 Å². The lowest BCUT2D eigenvalue weighted by molar-refractivity contribution is -0.384. The first-order valence-electron chi connectivity index (χ1n) is 6.14. The molecule has 5 nitrogen and oxygen atoms in total. The molecule has 0 spiro atoms. The highest BCUT2D eigenvalue weighted by atomic mass is 32.2. The second-order valence-electron chi connectivity index (χ2n) is 4.38. The second kappa shape index (κ2) is 6.68. The molecule has 2 rings (SSSR count). The van der Waals surface area contributed by atoms with Crippen LogP contribution in [0.15, 0.2) is 24.3 Å². The van der Waals surface area contributed by atoms with Gasteiger partial charge in [-0.15, -0.1) is 0 Å². The van der Waals surface area contributed by atoms with Crippen molar-refractivity contribution in [2.45, 2.75) is 18.9 Å². The van der Waals surface area contributed by atoms with E-state index in [0.717, 1.165) is 25.2 Å². The fraction of sp³-hybridized carbons (Fsp3) is 0.462. The zero-order valence-corrected chi connectivity index (χ0v) is 11.2. The molecule has 0 radical (unpaired) electrons. The Morgan fingerprint density at radius 3 is 3.05 bits per heavy atom. The molecule has 1 atom stereocenters. The Morgan fingerprint density at radius 1 is 1.53 bits per heavy atom. The van der Waals surface area contributed by atoms with E-state index in [9.17, 15) is 14.9 Å². The van der Waals surface area contributed by atoms with E-state index in [-0.39, 0.29) is 17.6 Å². The van der Waals surface area contributed by atoms with Crippen LogP contribution < -0.4 is 0 Å². The molecule has 19 heavy (non-hydrogen) atoms. The van der Waals surface area contributed by atoms with Gasteiger partial charge in [-0.1, -0.05) is 12.1 Å². The molecule has 1 aromatic carbocycles. The summed E-state index contributed by atoms with van der Waals surface area (Å²) in [5.41, 5.74) is 0.351. The molecule has 0 bridgehead atoms. The summed E-state index contributed by atoms with van der Waals surface area (Å²) < 4.78 is 5.47. The number of rotatable bonds is 6. The first-order valence-corrected chi connectivity index (χ1v) is 7.29. The van der Waals surface area contributed by atoms with E-state index in [1.54, 1.807) is 6.07 Å². The maximum Gasteiger partial charge on any atom is 0.270 e. The minimum absolute atomic E-state index is 0.0463. The van der Waals surface area contributed by atoms with Crippen LogP contribution in [0.4, 0.5) is 5.69 Å². The average Bonchev–Trinajstić information content (AvgIpc) is 2.92. The van der Waals surface area contributed by atoms with Crippen LogP contribution in [0.2, 0.25) is 0 Å². The Balaban J connectivity index is 1.85. The standard InChI is InChI=1S/C13H15NO4S/c15-13(9-19-8-12-5-2-6-18-12)10-3-1-4-11(7-10)14(16)17/h1,3-4,7,12H,2,5-6,8-9H2. The number of ether oxygens (including phenoxy) is 1. The van der Waals surface area contributed by atoms with Crippen LogP contribution in [-0.2, 0) is 4.74 Å². The smallest absolute Gasteiger partial charge is 0.270 e. The lowest BCUT2D eigenvalue weighted by atomic mass is 10.1. The number of thioether (sulfide) groups is 1. The Bertz CT molecular complexity index is 471. The van der Waals surface area contributed by atoms with Gasteiger partial charge >= 0.3 is 0 Å². The molecule has 1 aliphatic rings. The van der Waals surface area contributed by atoms with Gasteiger partial charge < -0.3 is 4.74 Å². The quantitative estimate of drug-likeness (QED) is 0.455. The van der Waals surface area contributed by atoms with E-state index in [1.807, 2.05) is 0 Å². The summed E-state index contributed by atoms with van der Waals surface area (Å²) in [4.78, 5) is 22.1. The number of hydrogen-bond donors (Lipinski definition) is 0. The Labute approximate surface area is 115 Å². The third-order valence-corrected chi connectivity index (χ3v) is 4.01. The van der Waals surface area contributed by atoms with Gasteiger partial charge in [-0.25, -0.2) is 0 Å². The largest absolute Gasteiger partial charge is 0.377 e. The SMILES string of the molecule is O=C(CSCC1CCCO1)c1cccc([N+](=O)[O-])c1. The van der Waals surface area contributed by atoms with Crippen molar-refractivity contribution in [1.29, 1.82) is 0 Å². The highest BCUT2D eigenvalue weighted by Gasteiger charge is 2.17. The van der Waals surface area contributed by atoms with Gasteiger partial charge in [0.15, 0.2) is 5.78 Å². The topological polar surface area (TPSA) is 69.4 Å². The summed E-state index contributed by atoms with van der Waals surface area (Å²) in [7, 11) is 0. The van der Waals surface area contributed by atoms with Crippen LogP contribution in [0.3, 0.4) is 0 Å². The van der Waals surface area contributed by atoms with Crippen LogP contribution in [0, 0.1) is 10.1 Å². The molecule has 0 aliphatic carbocycles. The molecule has 0 amide bonds. The summed E-state index contributed by atoms with van der Waals surface area (Å²) in [5.74, 6) is 1.06. The van der Waals surface area contributed by atoms with Crippen LogP contribution in [0.25, 0.3) is 0 Å². The lowest BCUT2D eigenvalue weighted by Gasteiger charge is -2.07. The fourth-order valence-corrected chi connectivity index (χ4v) is 2.93. The minimum Gasteiger partial charge on any atom is -0.377 e. The molecule has 102 valence electrons. The van der Waals surface area contributed by atoms with Gasteiger partial charge in [0.2, 0.25) is 0 Å². The lowest BCUT2D eigenvalue weighted by Crippen LogP contribution is -2.11. The number of carbonyl (C=O) groups excluding carboxylic acids is 1. The number of nitro groups is 1. The van der Waals surface area contributed by atoms with Gasteiger partial charge in [-0.3, -0.25) is 14.9 Å². The summed E-state index contributed by atoms with van der Waals surface area (Å²) >= 11 is 1.52. The Morgan fingerprint density at radius 2 is 2.37 bits per heavy atom. The predicted octanol–water partition coefficient (Wildman–Crippen LogP) is 2.69. The number of ketones is 1. The van der Waals surface area contributed by atoms with Crippen molar-refractivity contribution in [2.75, 3.05) is 18.1 Å². The number of Topliss-reactive ketones (excluding diaryl/α,β-unsaturated/α-hetero) is 1. The summed E-state index contributed by atoms with van der Waals surface area (Å²) in [6.45, 7) is 0.810. The van der Waals surface area contributed by atoms with Crippen molar-refractivity contribution < 1.29 is 14.5 Å². The van der Waals surface area contributed by atoms with Gasteiger partial charge in [-0.05, 0) is 12.8 Å². The number of nitrogens with zero attached hydrogens (tertiary/aromatic N) is 1. The molecule has 1 heterocycles. The molecular formula is C13H15NO4S. The van der Waals surface area contributed by atoms with E-state index in [2.05, 4.69) is 0 Å². The van der Waals surface area contributed by atoms with Crippen LogP contribution in [0.1, 0.15) is 23.2 Å². The van der Waals surface area contributed by atoms with Crippen LogP contribution >= 0.6 is 11.8 Å². The van der Waals surface area contributed by atoms with Crippen molar-refractivity contribution in [2.24, 2.45) is 0 Å². The van der Waals surface area contributed by atoms with Gasteiger partial charge in [0, 0.05) is 30.1 Å². The number of hydrogen-bond acceptors (Lipinski definition) is 5. The Kier molecular flexibility index (Phi) is 4.93. The first-order chi connectivity index (χ1) is 9.16. The van der Waals surface area contributed by atoms with Crippen molar-refractivity contribution >= 4 is 23.2 Å². The minimum atomic E-state index is -0.490. The Hall–Kier alpha value is -1.40.